The first kappa shape index (κ1) is 21.1. The summed E-state index contributed by atoms with van der Waals surface area (Å²) in [7, 11) is 0. The fourth-order valence-corrected chi connectivity index (χ4v) is 4.05. The van der Waals surface area contributed by atoms with Gasteiger partial charge in [-0.15, -0.1) is 0 Å². The van der Waals surface area contributed by atoms with Gasteiger partial charge in [-0.3, -0.25) is 9.47 Å². The third-order valence-corrected chi connectivity index (χ3v) is 5.78. The molecule has 31 heavy (non-hydrogen) atoms. The molecule has 0 radical (unpaired) electrons. The van der Waals surface area contributed by atoms with Gasteiger partial charge >= 0.3 is 5.69 Å². The van der Waals surface area contributed by atoms with Crippen molar-refractivity contribution >= 4 is 0 Å². The number of hydrogen-bond donors (Lipinski definition) is 4. The van der Waals surface area contributed by atoms with Gasteiger partial charge < -0.3 is 15.3 Å². The summed E-state index contributed by atoms with van der Waals surface area (Å²) in [4.78, 5) is 14.6. The molecule has 1 aliphatic rings. The number of β-amino-alcohol motifs (C(OH)–C–C–N with tert-alkyl or cyclic N) is 1. The molecule has 0 spiro atoms. The smallest absolute Gasteiger partial charge is 0.343 e. The molecular weight excluding hydrogens is 396 g/mol. The zero-order chi connectivity index (χ0) is 22.1. The Labute approximate surface area is 180 Å². The van der Waals surface area contributed by atoms with E-state index < -0.39 is 0 Å². The maximum absolute atomic E-state index is 12.4. The molecular formula is C23H28N4O4. The van der Waals surface area contributed by atoms with E-state index in [-0.39, 0.29) is 29.2 Å². The van der Waals surface area contributed by atoms with E-state index in [4.69, 9.17) is 0 Å². The lowest BCUT2D eigenvalue weighted by Gasteiger charge is -2.15. The van der Waals surface area contributed by atoms with Crippen molar-refractivity contribution in [2.24, 2.45) is 0 Å². The van der Waals surface area contributed by atoms with Gasteiger partial charge in [0.2, 0.25) is 0 Å². The highest BCUT2D eigenvalue weighted by Gasteiger charge is 2.21. The van der Waals surface area contributed by atoms with E-state index in [1.54, 1.807) is 6.07 Å². The van der Waals surface area contributed by atoms with E-state index in [0.717, 1.165) is 30.6 Å². The summed E-state index contributed by atoms with van der Waals surface area (Å²) in [6.45, 7) is 6.56. The number of likely N-dealkylation sites (tertiary alicyclic amines) is 1. The predicted octanol–water partition coefficient (Wildman–Crippen LogP) is 2.39. The number of aromatic nitrogens is 3. The lowest BCUT2D eigenvalue weighted by molar-refractivity contribution is 0.175. The van der Waals surface area contributed by atoms with Crippen molar-refractivity contribution in [3.63, 3.8) is 0 Å². The molecule has 1 saturated heterocycles. The van der Waals surface area contributed by atoms with Crippen LogP contribution in [0.25, 0.3) is 11.4 Å². The summed E-state index contributed by atoms with van der Waals surface area (Å²) in [5, 5.41) is 36.8. The maximum atomic E-state index is 12.4. The molecule has 1 aromatic heterocycles. The van der Waals surface area contributed by atoms with Crippen LogP contribution in [0.15, 0.2) is 41.2 Å². The third kappa shape index (κ3) is 4.50. The molecule has 0 aliphatic carbocycles. The van der Waals surface area contributed by atoms with Crippen molar-refractivity contribution < 1.29 is 15.3 Å². The molecule has 164 valence electrons. The lowest BCUT2D eigenvalue weighted by atomic mass is 9.98. The lowest BCUT2D eigenvalue weighted by Crippen LogP contribution is -2.21. The summed E-state index contributed by atoms with van der Waals surface area (Å²) < 4.78 is 1.47. The van der Waals surface area contributed by atoms with Gasteiger partial charge in [0.05, 0.1) is 18.2 Å². The fourth-order valence-electron chi connectivity index (χ4n) is 4.05. The van der Waals surface area contributed by atoms with Gasteiger partial charge in [-0.05, 0) is 35.1 Å². The van der Waals surface area contributed by atoms with Crippen LogP contribution in [0.3, 0.4) is 0 Å². The highest BCUT2D eigenvalue weighted by molar-refractivity contribution is 5.67. The Hall–Kier alpha value is -3.10. The van der Waals surface area contributed by atoms with E-state index >= 15 is 0 Å². The third-order valence-electron chi connectivity index (χ3n) is 5.78. The van der Waals surface area contributed by atoms with Gasteiger partial charge in [0.15, 0.2) is 5.82 Å². The first-order valence-electron chi connectivity index (χ1n) is 10.5. The molecule has 1 fully saturated rings. The highest BCUT2D eigenvalue weighted by atomic mass is 16.3. The molecule has 8 nitrogen and oxygen atoms in total. The van der Waals surface area contributed by atoms with Crippen molar-refractivity contribution in [1.82, 2.24) is 19.7 Å². The van der Waals surface area contributed by atoms with Crippen LogP contribution in [-0.2, 0) is 13.1 Å². The molecule has 0 saturated carbocycles. The number of aromatic amines is 1. The zero-order valence-electron chi connectivity index (χ0n) is 17.7. The van der Waals surface area contributed by atoms with Crippen LogP contribution >= 0.6 is 0 Å². The molecule has 8 heteroatoms. The zero-order valence-corrected chi connectivity index (χ0v) is 17.7. The summed E-state index contributed by atoms with van der Waals surface area (Å²) in [5.41, 5.74) is 2.77. The van der Waals surface area contributed by atoms with Gasteiger partial charge in [-0.2, -0.15) is 5.10 Å². The maximum Gasteiger partial charge on any atom is 0.343 e. The highest BCUT2D eigenvalue weighted by Crippen LogP contribution is 2.36. The second kappa shape index (κ2) is 8.56. The number of hydrogen-bond acceptors (Lipinski definition) is 6. The topological polar surface area (TPSA) is 115 Å². The number of aliphatic hydroxyl groups is 1. The molecule has 0 amide bonds. The molecule has 3 aromatic rings. The van der Waals surface area contributed by atoms with E-state index in [9.17, 15) is 20.1 Å². The van der Waals surface area contributed by atoms with Gasteiger partial charge in [0.25, 0.3) is 0 Å². The van der Waals surface area contributed by atoms with Gasteiger partial charge in [-0.1, -0.05) is 38.1 Å². The number of nitrogens with one attached hydrogen (secondary N) is 1. The van der Waals surface area contributed by atoms with Crippen LogP contribution in [0.1, 0.15) is 42.9 Å². The van der Waals surface area contributed by atoms with Crippen LogP contribution in [0, 0.1) is 0 Å². The number of phenols is 2. The van der Waals surface area contributed by atoms with Gasteiger partial charge in [0.1, 0.15) is 11.5 Å². The Balaban J connectivity index is 1.58. The monoisotopic (exact) mass is 424 g/mol. The second-order valence-electron chi connectivity index (χ2n) is 8.52. The van der Waals surface area contributed by atoms with Crippen LogP contribution in [0.5, 0.6) is 11.5 Å². The van der Waals surface area contributed by atoms with Crippen LogP contribution in [0.2, 0.25) is 0 Å². The largest absolute Gasteiger partial charge is 0.508 e. The van der Waals surface area contributed by atoms with Gasteiger partial charge in [-0.25, -0.2) is 9.89 Å². The normalized spacial score (nSPS) is 17.0. The first-order chi connectivity index (χ1) is 14.8. The fraction of sp³-hybridized carbons (Fsp3) is 0.391. The second-order valence-corrected chi connectivity index (χ2v) is 8.52. The molecule has 0 bridgehead atoms. The number of H-pyrrole nitrogens is 1. The summed E-state index contributed by atoms with van der Waals surface area (Å²) in [5.74, 6) is 0.245. The van der Waals surface area contributed by atoms with Crippen molar-refractivity contribution in [3.05, 3.63) is 63.6 Å². The Morgan fingerprint density at radius 2 is 1.77 bits per heavy atom. The van der Waals surface area contributed by atoms with E-state index in [1.807, 2.05) is 38.1 Å². The van der Waals surface area contributed by atoms with Crippen molar-refractivity contribution in [3.8, 4) is 22.9 Å². The Morgan fingerprint density at radius 3 is 2.39 bits per heavy atom. The van der Waals surface area contributed by atoms with Crippen LogP contribution < -0.4 is 5.69 Å². The number of phenolic OH excluding ortho intramolecular Hbond substituents is 2. The average Bonchev–Trinajstić information content (AvgIpc) is 3.29. The van der Waals surface area contributed by atoms with Crippen LogP contribution in [0.4, 0.5) is 0 Å². The summed E-state index contributed by atoms with van der Waals surface area (Å²) >= 11 is 0. The Kier molecular flexibility index (Phi) is 5.84. The number of benzene rings is 2. The van der Waals surface area contributed by atoms with E-state index in [2.05, 4.69) is 15.1 Å². The minimum Gasteiger partial charge on any atom is -0.508 e. The van der Waals surface area contributed by atoms with Crippen molar-refractivity contribution in [2.75, 3.05) is 13.1 Å². The molecule has 4 rings (SSSR count). The molecule has 2 heterocycles. The molecule has 2 aromatic carbocycles. The molecule has 1 aliphatic heterocycles. The Bertz CT molecular complexity index is 1120. The average molecular weight is 425 g/mol. The number of aliphatic hydroxyl groups excluding tert-OH is 1. The number of aromatic hydroxyl groups is 2. The quantitative estimate of drug-likeness (QED) is 0.483. The van der Waals surface area contributed by atoms with Crippen molar-refractivity contribution in [2.45, 2.75) is 45.4 Å². The number of rotatable bonds is 6. The summed E-state index contributed by atoms with van der Waals surface area (Å²) in [6, 6.07) is 11.0. The van der Waals surface area contributed by atoms with E-state index in [0.29, 0.717) is 30.0 Å². The summed E-state index contributed by atoms with van der Waals surface area (Å²) in [6.07, 6.45) is 0.575. The SMILES string of the molecule is CC(C)c1cc(-c2n[nH]c(=O)n2Cc2ccc(CN3CCC(O)C3)cc2)c(O)cc1O. The van der Waals surface area contributed by atoms with Crippen LogP contribution in [-0.4, -0.2) is 54.2 Å². The van der Waals surface area contributed by atoms with E-state index in [1.165, 1.54) is 10.6 Å². The van der Waals surface area contributed by atoms with Crippen molar-refractivity contribution in [1.29, 1.82) is 0 Å². The first-order valence-corrected chi connectivity index (χ1v) is 10.5. The molecule has 1 unspecified atom stereocenters. The van der Waals surface area contributed by atoms with Gasteiger partial charge in [0, 0.05) is 25.7 Å². The standard InChI is InChI=1S/C23H28N4O4/c1-14(2)18-9-19(21(30)10-20(18)29)22-24-25-23(31)27(22)12-16-5-3-15(4-6-16)11-26-8-7-17(28)13-26/h3-6,9-10,14,17,28-30H,7-8,11-13H2,1-2H3,(H,25,31). The predicted molar refractivity (Wildman–Crippen MR) is 117 cm³/mol. The molecule has 4 N–H and O–H groups in total. The Morgan fingerprint density at radius 1 is 1.10 bits per heavy atom. The minimum absolute atomic E-state index is 0.0155. The minimum atomic E-state index is -0.372. The number of nitrogens with zero attached hydrogens (tertiary/aromatic N) is 3. The molecule has 1 atom stereocenters.